The Kier molecular flexibility index (Phi) is 9.47. The standard InChI is InChI=1S/C25H33N3O5S2/c1-5-27(6-2)16-17-28(22(29)13-10-18-35(30,31)19-11-8-7-9-12-19)25-26-23-20(32-3)14-15-21(33-4)24(23)34-25/h7-9,11-12,14-15H,5-6,10,13,16-18H2,1-4H3. The van der Waals surface area contributed by atoms with Crippen LogP contribution in [0, 0.1) is 0 Å². The average molecular weight is 520 g/mol. The molecule has 0 aliphatic carbocycles. The molecule has 0 atom stereocenters. The number of fused-ring (bicyclic) bond motifs is 1. The molecule has 0 aliphatic rings. The van der Waals surface area contributed by atoms with Crippen LogP contribution >= 0.6 is 11.3 Å². The largest absolute Gasteiger partial charge is 0.495 e. The van der Waals surface area contributed by atoms with Gasteiger partial charge in [-0.05, 0) is 43.8 Å². The van der Waals surface area contributed by atoms with E-state index in [4.69, 9.17) is 14.5 Å². The molecule has 3 aromatic rings. The SMILES string of the molecule is CCN(CC)CCN(C(=O)CCCS(=O)(=O)c1ccccc1)c1nc2c(OC)ccc(OC)c2s1. The number of methoxy groups -OCH3 is 2. The summed E-state index contributed by atoms with van der Waals surface area (Å²) in [5.74, 6) is 1.02. The first-order valence-electron chi connectivity index (χ1n) is 11.7. The molecule has 1 heterocycles. The highest BCUT2D eigenvalue weighted by atomic mass is 32.2. The summed E-state index contributed by atoms with van der Waals surface area (Å²) in [5, 5.41) is 0.547. The number of hydrogen-bond acceptors (Lipinski definition) is 8. The molecule has 2 aromatic carbocycles. The molecule has 3 rings (SSSR count). The predicted molar refractivity (Wildman–Crippen MR) is 141 cm³/mol. The van der Waals surface area contributed by atoms with Crippen molar-refractivity contribution in [3.8, 4) is 11.5 Å². The van der Waals surface area contributed by atoms with Crippen molar-refractivity contribution in [3.63, 3.8) is 0 Å². The van der Waals surface area contributed by atoms with Gasteiger partial charge >= 0.3 is 0 Å². The molecular formula is C25H33N3O5S2. The molecule has 0 fully saturated rings. The molecule has 0 spiro atoms. The minimum Gasteiger partial charge on any atom is -0.495 e. The highest BCUT2D eigenvalue weighted by Gasteiger charge is 2.24. The van der Waals surface area contributed by atoms with Crippen LogP contribution in [0.3, 0.4) is 0 Å². The van der Waals surface area contributed by atoms with Crippen LogP contribution in [0.5, 0.6) is 11.5 Å². The van der Waals surface area contributed by atoms with Crippen molar-refractivity contribution in [1.82, 2.24) is 9.88 Å². The number of anilines is 1. The summed E-state index contributed by atoms with van der Waals surface area (Å²) in [4.78, 5) is 22.3. The van der Waals surface area contributed by atoms with Gasteiger partial charge in [0.2, 0.25) is 5.91 Å². The van der Waals surface area contributed by atoms with Crippen LogP contribution in [-0.4, -0.2) is 70.4 Å². The summed E-state index contributed by atoms with van der Waals surface area (Å²) in [6, 6.07) is 11.9. The first-order chi connectivity index (χ1) is 16.8. The highest BCUT2D eigenvalue weighted by Crippen LogP contribution is 2.40. The van der Waals surface area contributed by atoms with Gasteiger partial charge in [0.05, 0.1) is 24.9 Å². The van der Waals surface area contributed by atoms with E-state index in [0.29, 0.717) is 35.2 Å². The summed E-state index contributed by atoms with van der Waals surface area (Å²) in [7, 11) is -0.269. The lowest BCUT2D eigenvalue weighted by Gasteiger charge is -2.24. The zero-order chi connectivity index (χ0) is 25.4. The van der Waals surface area contributed by atoms with Gasteiger partial charge in [0, 0.05) is 19.5 Å². The van der Waals surface area contributed by atoms with Crippen molar-refractivity contribution < 1.29 is 22.7 Å². The molecule has 0 radical (unpaired) electrons. The number of aromatic nitrogens is 1. The van der Waals surface area contributed by atoms with Crippen LogP contribution in [0.15, 0.2) is 47.4 Å². The maximum atomic E-state index is 13.4. The number of nitrogens with zero attached hydrogens (tertiary/aromatic N) is 3. The Morgan fingerprint density at radius 3 is 2.26 bits per heavy atom. The van der Waals surface area contributed by atoms with Crippen molar-refractivity contribution in [2.24, 2.45) is 0 Å². The Balaban J connectivity index is 1.83. The lowest BCUT2D eigenvalue weighted by Crippen LogP contribution is -2.38. The summed E-state index contributed by atoms with van der Waals surface area (Å²) >= 11 is 1.37. The summed E-state index contributed by atoms with van der Waals surface area (Å²) < 4.78 is 37.0. The number of carbonyl (C=O) groups is 1. The minimum absolute atomic E-state index is 0.0892. The second-order valence-corrected chi connectivity index (χ2v) is 11.0. The van der Waals surface area contributed by atoms with E-state index < -0.39 is 9.84 Å². The zero-order valence-electron chi connectivity index (χ0n) is 20.7. The van der Waals surface area contributed by atoms with Crippen LogP contribution in [0.2, 0.25) is 0 Å². The highest BCUT2D eigenvalue weighted by molar-refractivity contribution is 7.91. The quantitative estimate of drug-likeness (QED) is 0.334. The number of carbonyl (C=O) groups excluding carboxylic acids is 1. The van der Waals surface area contributed by atoms with E-state index in [-0.39, 0.29) is 29.4 Å². The summed E-state index contributed by atoms with van der Waals surface area (Å²) in [6.07, 6.45) is 0.337. The normalized spacial score (nSPS) is 11.7. The van der Waals surface area contributed by atoms with Crippen molar-refractivity contribution >= 4 is 42.4 Å². The first kappa shape index (κ1) is 26.9. The molecule has 0 saturated carbocycles. The topological polar surface area (TPSA) is 89.0 Å². The van der Waals surface area contributed by atoms with Crippen LogP contribution < -0.4 is 14.4 Å². The van der Waals surface area contributed by atoms with Gasteiger partial charge in [0.1, 0.15) is 21.7 Å². The Hall–Kier alpha value is -2.69. The lowest BCUT2D eigenvalue weighted by molar-refractivity contribution is -0.118. The second kappa shape index (κ2) is 12.3. The first-order valence-corrected chi connectivity index (χ1v) is 14.1. The molecule has 8 nitrogen and oxygen atoms in total. The molecule has 35 heavy (non-hydrogen) atoms. The number of hydrogen-bond donors (Lipinski definition) is 0. The number of ether oxygens (including phenoxy) is 2. The molecule has 0 unspecified atom stereocenters. The average Bonchev–Trinajstić information content (AvgIpc) is 3.31. The molecule has 1 amide bonds. The summed E-state index contributed by atoms with van der Waals surface area (Å²) in [6.45, 7) is 7.04. The Morgan fingerprint density at radius 1 is 0.971 bits per heavy atom. The maximum Gasteiger partial charge on any atom is 0.228 e. The molecule has 0 aliphatic heterocycles. The third-order valence-corrected chi connectivity index (χ3v) is 8.78. The van der Waals surface area contributed by atoms with Gasteiger partial charge in [-0.1, -0.05) is 43.4 Å². The van der Waals surface area contributed by atoms with Crippen LogP contribution in [0.1, 0.15) is 26.7 Å². The Bertz CT molecular complexity index is 1180. The third-order valence-electron chi connectivity index (χ3n) is 5.87. The van der Waals surface area contributed by atoms with Gasteiger partial charge in [-0.3, -0.25) is 9.69 Å². The molecule has 10 heteroatoms. The van der Waals surface area contributed by atoms with E-state index in [1.807, 2.05) is 6.07 Å². The van der Waals surface area contributed by atoms with Gasteiger partial charge in [-0.25, -0.2) is 13.4 Å². The molecule has 0 N–H and O–H groups in total. The fourth-order valence-corrected chi connectivity index (χ4v) is 6.24. The second-order valence-electron chi connectivity index (χ2n) is 7.95. The smallest absolute Gasteiger partial charge is 0.228 e. The fourth-order valence-electron chi connectivity index (χ4n) is 3.79. The van der Waals surface area contributed by atoms with Crippen molar-refractivity contribution in [3.05, 3.63) is 42.5 Å². The van der Waals surface area contributed by atoms with E-state index in [0.717, 1.165) is 17.8 Å². The Labute approximate surface area is 211 Å². The molecular weight excluding hydrogens is 486 g/mol. The van der Waals surface area contributed by atoms with E-state index in [9.17, 15) is 13.2 Å². The fraction of sp³-hybridized carbons (Fsp3) is 0.440. The van der Waals surface area contributed by atoms with Gasteiger partial charge in [0.15, 0.2) is 15.0 Å². The zero-order valence-corrected chi connectivity index (χ0v) is 22.3. The van der Waals surface area contributed by atoms with Gasteiger partial charge in [-0.2, -0.15) is 0 Å². The van der Waals surface area contributed by atoms with Crippen molar-refractivity contribution in [2.45, 2.75) is 31.6 Å². The minimum atomic E-state index is -3.44. The molecule has 1 aromatic heterocycles. The number of benzene rings is 2. The van der Waals surface area contributed by atoms with Gasteiger partial charge < -0.3 is 14.4 Å². The Morgan fingerprint density at radius 2 is 1.63 bits per heavy atom. The molecule has 0 bridgehead atoms. The van der Waals surface area contributed by atoms with Crippen LogP contribution in [0.25, 0.3) is 10.2 Å². The van der Waals surface area contributed by atoms with E-state index in [2.05, 4.69) is 18.7 Å². The van der Waals surface area contributed by atoms with Crippen LogP contribution in [0.4, 0.5) is 5.13 Å². The van der Waals surface area contributed by atoms with Crippen molar-refractivity contribution in [2.75, 3.05) is 51.1 Å². The van der Waals surface area contributed by atoms with Crippen molar-refractivity contribution in [1.29, 1.82) is 0 Å². The predicted octanol–water partition coefficient (Wildman–Crippen LogP) is 4.24. The van der Waals surface area contributed by atoms with Crippen LogP contribution in [-0.2, 0) is 14.6 Å². The van der Waals surface area contributed by atoms with E-state index >= 15 is 0 Å². The number of likely N-dealkylation sites (N-methyl/N-ethyl adjacent to an activating group) is 1. The van der Waals surface area contributed by atoms with Gasteiger partial charge in [0.25, 0.3) is 0 Å². The third kappa shape index (κ3) is 6.50. The number of thiazole rings is 1. The van der Waals surface area contributed by atoms with E-state index in [1.165, 1.54) is 11.3 Å². The summed E-state index contributed by atoms with van der Waals surface area (Å²) in [5.41, 5.74) is 0.638. The number of rotatable bonds is 13. The monoisotopic (exact) mass is 519 g/mol. The number of amides is 1. The molecule has 190 valence electrons. The lowest BCUT2D eigenvalue weighted by atomic mass is 10.3. The van der Waals surface area contributed by atoms with E-state index in [1.54, 1.807) is 55.5 Å². The maximum absolute atomic E-state index is 13.4. The number of sulfone groups is 1. The van der Waals surface area contributed by atoms with Gasteiger partial charge in [-0.15, -0.1) is 0 Å². The molecule has 0 saturated heterocycles.